The average Bonchev–Trinajstić information content (AvgIpc) is 2.99. The van der Waals surface area contributed by atoms with E-state index in [9.17, 15) is 4.79 Å². The van der Waals surface area contributed by atoms with Gasteiger partial charge in [-0.2, -0.15) is 0 Å². The van der Waals surface area contributed by atoms with Crippen LogP contribution in [0.5, 0.6) is 0 Å². The summed E-state index contributed by atoms with van der Waals surface area (Å²) in [5.74, 6) is 1.11. The molecule has 1 aliphatic heterocycles. The molecule has 0 N–H and O–H groups in total. The molecule has 1 fully saturated rings. The molecule has 0 aliphatic carbocycles. The van der Waals surface area contributed by atoms with Crippen molar-refractivity contribution in [2.75, 3.05) is 19.6 Å². The monoisotopic (exact) mass is 279 g/mol. The number of thiophene rings is 1. The molecule has 1 aromatic rings. The van der Waals surface area contributed by atoms with E-state index in [-0.39, 0.29) is 0 Å². The van der Waals surface area contributed by atoms with Gasteiger partial charge < -0.3 is 4.90 Å². The van der Waals surface area contributed by atoms with Gasteiger partial charge in [0.1, 0.15) is 0 Å². The van der Waals surface area contributed by atoms with Crippen LogP contribution in [0.15, 0.2) is 17.5 Å². The van der Waals surface area contributed by atoms with Crippen LogP contribution < -0.4 is 0 Å². The molecule has 3 heteroatoms. The molecule has 1 saturated heterocycles. The number of Topliss-reactive ketones (excluding diaryl/α,β-unsaturated/α-hetero) is 1. The van der Waals surface area contributed by atoms with E-state index in [1.165, 1.54) is 19.5 Å². The summed E-state index contributed by atoms with van der Waals surface area (Å²) in [5, 5.41) is 1.97. The van der Waals surface area contributed by atoms with Crippen molar-refractivity contribution in [2.45, 2.75) is 40.0 Å². The van der Waals surface area contributed by atoms with Gasteiger partial charge in [0, 0.05) is 13.0 Å². The summed E-state index contributed by atoms with van der Waals surface area (Å²) in [6.07, 6.45) is 2.99. The smallest absolute Gasteiger partial charge is 0.172 e. The van der Waals surface area contributed by atoms with Crippen molar-refractivity contribution in [3.05, 3.63) is 22.4 Å². The summed E-state index contributed by atoms with van der Waals surface area (Å²) in [6.45, 7) is 10.5. The molecule has 2 nitrogen and oxygen atoms in total. The van der Waals surface area contributed by atoms with Crippen LogP contribution in [0, 0.1) is 11.3 Å². The maximum atomic E-state index is 11.9. The van der Waals surface area contributed by atoms with Gasteiger partial charge in [0.05, 0.1) is 4.88 Å². The first-order valence-electron chi connectivity index (χ1n) is 7.26. The second-order valence-corrected chi connectivity index (χ2v) is 7.60. The Balaban J connectivity index is 1.69. The van der Waals surface area contributed by atoms with Gasteiger partial charge >= 0.3 is 0 Å². The van der Waals surface area contributed by atoms with Crippen molar-refractivity contribution in [3.8, 4) is 0 Å². The third kappa shape index (κ3) is 4.15. The lowest BCUT2D eigenvalue weighted by molar-refractivity contribution is 0.0979. The molecule has 0 aromatic carbocycles. The summed E-state index contributed by atoms with van der Waals surface area (Å²) >= 11 is 1.55. The van der Waals surface area contributed by atoms with E-state index < -0.39 is 0 Å². The third-order valence-corrected chi connectivity index (χ3v) is 5.08. The topological polar surface area (TPSA) is 20.3 Å². The first kappa shape index (κ1) is 14.7. The molecule has 2 rings (SSSR count). The van der Waals surface area contributed by atoms with E-state index in [0.717, 1.165) is 23.8 Å². The van der Waals surface area contributed by atoms with Gasteiger partial charge in [0.2, 0.25) is 0 Å². The number of ketones is 1. The van der Waals surface area contributed by atoms with E-state index in [2.05, 4.69) is 25.7 Å². The number of likely N-dealkylation sites (tertiary alicyclic amines) is 1. The molecule has 0 saturated carbocycles. The van der Waals surface area contributed by atoms with E-state index in [1.54, 1.807) is 11.3 Å². The van der Waals surface area contributed by atoms with Crippen LogP contribution in [0.4, 0.5) is 0 Å². The zero-order chi connectivity index (χ0) is 13.9. The van der Waals surface area contributed by atoms with Gasteiger partial charge in [-0.15, -0.1) is 11.3 Å². The largest absolute Gasteiger partial charge is 0.303 e. The normalized spacial score (nSPS) is 20.9. The van der Waals surface area contributed by atoms with Crippen LogP contribution in [0.2, 0.25) is 0 Å². The average molecular weight is 279 g/mol. The number of carbonyl (C=O) groups excluding carboxylic acids is 1. The fraction of sp³-hybridized carbons (Fsp3) is 0.688. The van der Waals surface area contributed by atoms with Crippen molar-refractivity contribution in [2.24, 2.45) is 11.3 Å². The highest BCUT2D eigenvalue weighted by atomic mass is 32.1. The molecule has 0 amide bonds. The van der Waals surface area contributed by atoms with Crippen molar-refractivity contribution >= 4 is 17.1 Å². The molecule has 1 atom stereocenters. The molecule has 2 heterocycles. The quantitative estimate of drug-likeness (QED) is 0.757. The van der Waals surface area contributed by atoms with Crippen molar-refractivity contribution < 1.29 is 4.79 Å². The Labute approximate surface area is 120 Å². The lowest BCUT2D eigenvalue weighted by Crippen LogP contribution is -2.27. The Hall–Kier alpha value is -0.670. The van der Waals surface area contributed by atoms with Crippen molar-refractivity contribution in [1.29, 1.82) is 0 Å². The molecular weight excluding hydrogens is 254 g/mol. The Kier molecular flexibility index (Phi) is 4.80. The molecule has 19 heavy (non-hydrogen) atoms. The summed E-state index contributed by atoms with van der Waals surface area (Å²) in [4.78, 5) is 15.3. The Bertz CT molecular complexity index is 405. The van der Waals surface area contributed by atoms with E-state index >= 15 is 0 Å². The fourth-order valence-corrected chi connectivity index (χ4v) is 3.46. The maximum absolute atomic E-state index is 11.9. The standard InChI is InChI=1S/C16H25NOS/c1-16(2,3)13-8-10-17(12-13)9-4-6-14(18)15-7-5-11-19-15/h5,7,11,13H,4,6,8-10,12H2,1-3H3. The van der Waals surface area contributed by atoms with E-state index in [1.807, 2.05) is 17.5 Å². The predicted molar refractivity (Wildman–Crippen MR) is 81.9 cm³/mol. The number of hydrogen-bond acceptors (Lipinski definition) is 3. The fourth-order valence-electron chi connectivity index (χ4n) is 2.77. The van der Waals surface area contributed by atoms with Gasteiger partial charge in [-0.05, 0) is 48.7 Å². The van der Waals surface area contributed by atoms with Crippen LogP contribution in [-0.2, 0) is 0 Å². The minimum absolute atomic E-state index is 0.307. The summed E-state index contributed by atoms with van der Waals surface area (Å²) in [5.41, 5.74) is 0.418. The summed E-state index contributed by atoms with van der Waals surface area (Å²) in [7, 11) is 0. The maximum Gasteiger partial charge on any atom is 0.172 e. The van der Waals surface area contributed by atoms with Crippen LogP contribution in [0.1, 0.15) is 49.7 Å². The number of nitrogens with zero attached hydrogens (tertiary/aromatic N) is 1. The number of carbonyl (C=O) groups is 1. The Morgan fingerprint density at radius 1 is 1.47 bits per heavy atom. The number of rotatable bonds is 5. The second kappa shape index (κ2) is 6.19. The number of hydrogen-bond donors (Lipinski definition) is 0. The molecule has 106 valence electrons. The molecule has 0 spiro atoms. The molecule has 1 aromatic heterocycles. The summed E-state index contributed by atoms with van der Waals surface area (Å²) in [6, 6.07) is 3.88. The second-order valence-electron chi connectivity index (χ2n) is 6.66. The zero-order valence-electron chi connectivity index (χ0n) is 12.3. The van der Waals surface area contributed by atoms with Gasteiger partial charge in [-0.1, -0.05) is 26.8 Å². The van der Waals surface area contributed by atoms with E-state index in [0.29, 0.717) is 17.6 Å². The predicted octanol–water partition coefficient (Wildman–Crippen LogP) is 4.08. The molecule has 0 bridgehead atoms. The lowest BCUT2D eigenvalue weighted by Gasteiger charge is -2.27. The van der Waals surface area contributed by atoms with Gasteiger partial charge in [-0.25, -0.2) is 0 Å². The molecule has 1 unspecified atom stereocenters. The molecular formula is C16H25NOS. The minimum atomic E-state index is 0.307. The molecule has 1 aliphatic rings. The van der Waals surface area contributed by atoms with Gasteiger partial charge in [-0.3, -0.25) is 4.79 Å². The van der Waals surface area contributed by atoms with Crippen LogP contribution in [-0.4, -0.2) is 30.3 Å². The highest BCUT2D eigenvalue weighted by molar-refractivity contribution is 7.12. The SMILES string of the molecule is CC(C)(C)C1CCN(CCCC(=O)c2cccs2)C1. The zero-order valence-corrected chi connectivity index (χ0v) is 13.1. The third-order valence-electron chi connectivity index (χ3n) is 4.17. The Morgan fingerprint density at radius 2 is 2.26 bits per heavy atom. The Morgan fingerprint density at radius 3 is 2.84 bits per heavy atom. The van der Waals surface area contributed by atoms with Crippen molar-refractivity contribution in [3.63, 3.8) is 0 Å². The van der Waals surface area contributed by atoms with Crippen LogP contribution in [0.25, 0.3) is 0 Å². The minimum Gasteiger partial charge on any atom is -0.303 e. The van der Waals surface area contributed by atoms with Gasteiger partial charge in [0.25, 0.3) is 0 Å². The highest BCUT2D eigenvalue weighted by Gasteiger charge is 2.31. The van der Waals surface area contributed by atoms with Crippen LogP contribution in [0.3, 0.4) is 0 Å². The first-order valence-corrected chi connectivity index (χ1v) is 8.14. The summed E-state index contributed by atoms with van der Waals surface area (Å²) < 4.78 is 0. The lowest BCUT2D eigenvalue weighted by atomic mass is 9.80. The molecule has 0 radical (unpaired) electrons. The van der Waals surface area contributed by atoms with E-state index in [4.69, 9.17) is 0 Å². The first-order chi connectivity index (χ1) is 8.97. The highest BCUT2D eigenvalue weighted by Crippen LogP contribution is 2.33. The van der Waals surface area contributed by atoms with Crippen LogP contribution >= 0.6 is 11.3 Å². The van der Waals surface area contributed by atoms with Crippen molar-refractivity contribution in [1.82, 2.24) is 4.90 Å². The van der Waals surface area contributed by atoms with Gasteiger partial charge in [0.15, 0.2) is 5.78 Å².